The molecule has 3 heterocycles. The van der Waals surface area contributed by atoms with Crippen molar-refractivity contribution < 1.29 is 90.8 Å². The minimum absolute atomic E-state index is 0.526. The molecule has 14 atom stereocenters. The van der Waals surface area contributed by atoms with Crippen LogP contribution in [0.1, 0.15) is 0 Å². The normalized spacial score (nSPS) is 48.9. The van der Waals surface area contributed by atoms with E-state index in [0.717, 1.165) is 0 Å². The Labute approximate surface area is 203 Å². The molecule has 36 heavy (non-hydrogen) atoms. The zero-order chi connectivity index (χ0) is 28.0. The molecule has 0 aliphatic carbocycles. The summed E-state index contributed by atoms with van der Waals surface area (Å²) in [6.07, 6.45) is -18.1. The van der Waals surface area contributed by atoms with E-state index in [1.54, 1.807) is 0 Å². The van der Waals surface area contributed by atoms with Crippen molar-refractivity contribution in [3.63, 3.8) is 0 Å². The average molecular weight is 540 g/mol. The van der Waals surface area contributed by atoms with Crippen molar-refractivity contribution in [2.24, 2.45) is 0 Å². The fourth-order valence-electron chi connectivity index (χ4n) is 3.31. The highest BCUT2D eigenvalue weighted by Gasteiger charge is 2.52. The van der Waals surface area contributed by atoms with Crippen LogP contribution in [0.2, 0.25) is 0 Å². The second kappa shape index (κ2) is 14.4. The van der Waals surface area contributed by atoms with Crippen molar-refractivity contribution in [2.75, 3.05) is 26.4 Å². The van der Waals surface area contributed by atoms with E-state index >= 15 is 0 Å². The van der Waals surface area contributed by atoms with Gasteiger partial charge in [0.05, 0.1) is 26.4 Å². The quantitative estimate of drug-likeness (QED) is 0.157. The molecule has 3 saturated heterocycles. The van der Waals surface area contributed by atoms with E-state index in [-0.39, 0.29) is 0 Å². The van der Waals surface area contributed by atoms with E-state index in [9.17, 15) is 5.11 Å². The largest absolute Gasteiger partial charge is 0.394 e. The molecule has 0 aromatic carbocycles. The number of aliphatic hydroxyl groups is 15. The molecule has 0 bridgehead atoms. The molecule has 0 spiro atoms. The Bertz CT molecular complexity index is 576. The number of hydrogen-bond acceptors (Lipinski definition) is 18. The number of hydrogen-bond donors (Lipinski definition) is 15. The van der Waals surface area contributed by atoms with Gasteiger partial charge in [0.25, 0.3) is 0 Å². The Kier molecular flexibility index (Phi) is 13.4. The smallest absolute Gasteiger partial charge is 0.219 e. The van der Waals surface area contributed by atoms with Gasteiger partial charge in [-0.1, -0.05) is 0 Å². The van der Waals surface area contributed by atoms with Crippen molar-refractivity contribution in [3.05, 3.63) is 0 Å². The fourth-order valence-corrected chi connectivity index (χ4v) is 3.31. The summed E-state index contributed by atoms with van der Waals surface area (Å²) in [6.45, 7) is -2.41. The standard InChI is InChI=1S/3C6H12O6/c7-1-3-4(9)5(10)6(11,2-8)12-3;2*7-1-2-3(8)4(9)5(10)6(11)12-2/h3-5,7-11H,1-2H2;2*2-11H,1H2/t3-,4?,5-,6+;2*2?,3-,4+,5?,6+/m111/s1. The molecule has 0 saturated carbocycles. The second-order valence-corrected chi connectivity index (χ2v) is 8.22. The molecule has 3 aliphatic rings. The first kappa shape index (κ1) is 33.3. The van der Waals surface area contributed by atoms with Crippen LogP contribution in [-0.4, -0.2) is 189 Å². The highest BCUT2D eigenvalue weighted by Crippen LogP contribution is 2.28. The van der Waals surface area contributed by atoms with E-state index < -0.39 is 112 Å². The van der Waals surface area contributed by atoms with Crippen LogP contribution in [0.25, 0.3) is 0 Å². The van der Waals surface area contributed by atoms with E-state index in [2.05, 4.69) is 14.2 Å². The summed E-state index contributed by atoms with van der Waals surface area (Å²) in [5.74, 6) is -2.16. The Morgan fingerprint density at radius 3 is 1.08 bits per heavy atom. The summed E-state index contributed by atoms with van der Waals surface area (Å²) in [6, 6.07) is 0. The number of aliphatic hydroxyl groups excluding tert-OH is 14. The Hall–Kier alpha value is -0.720. The molecule has 18 heteroatoms. The van der Waals surface area contributed by atoms with E-state index in [4.69, 9.17) is 71.5 Å². The van der Waals surface area contributed by atoms with E-state index in [1.807, 2.05) is 0 Å². The van der Waals surface area contributed by atoms with Crippen molar-refractivity contribution in [1.82, 2.24) is 0 Å². The SMILES string of the molecule is OCC1O[C@H](O)C(O)[C@@H](O)[C@@H]1O.OCC1O[C@H](O)C(O)[C@@H](O)[C@@H]1O.OC[C@H]1O[C@@](O)(CO)[C@H](O)C1O. The predicted molar refractivity (Wildman–Crippen MR) is 108 cm³/mol. The molecule has 3 fully saturated rings. The molecule has 0 aromatic rings. The Balaban J connectivity index is 0.000000270. The monoisotopic (exact) mass is 540 g/mol. The topological polar surface area (TPSA) is 331 Å². The molecule has 216 valence electrons. The van der Waals surface area contributed by atoms with Crippen molar-refractivity contribution >= 4 is 0 Å². The molecular formula is C18H36O18. The van der Waals surface area contributed by atoms with Gasteiger partial charge >= 0.3 is 0 Å². The van der Waals surface area contributed by atoms with Crippen LogP contribution in [0.15, 0.2) is 0 Å². The van der Waals surface area contributed by atoms with Crippen LogP contribution in [0.3, 0.4) is 0 Å². The molecular weight excluding hydrogens is 504 g/mol. The van der Waals surface area contributed by atoms with Crippen molar-refractivity contribution in [3.8, 4) is 0 Å². The molecule has 0 amide bonds. The zero-order valence-corrected chi connectivity index (χ0v) is 18.8. The third-order valence-electron chi connectivity index (χ3n) is 5.66. The first-order valence-corrected chi connectivity index (χ1v) is 10.7. The average Bonchev–Trinajstić information content (AvgIpc) is 3.10. The maximum absolute atomic E-state index is 9.25. The predicted octanol–water partition coefficient (Wildman–Crippen LogP) is -9.66. The van der Waals surface area contributed by atoms with Gasteiger partial charge in [-0.25, -0.2) is 0 Å². The van der Waals surface area contributed by atoms with Gasteiger partial charge in [-0.3, -0.25) is 0 Å². The van der Waals surface area contributed by atoms with E-state index in [0.29, 0.717) is 0 Å². The third kappa shape index (κ3) is 7.66. The molecule has 3 rings (SSSR count). The van der Waals surface area contributed by atoms with Gasteiger partial charge in [0.2, 0.25) is 5.79 Å². The lowest BCUT2D eigenvalue weighted by molar-refractivity contribution is -0.286. The van der Waals surface area contributed by atoms with Gasteiger partial charge < -0.3 is 90.8 Å². The third-order valence-corrected chi connectivity index (χ3v) is 5.66. The molecule has 18 nitrogen and oxygen atoms in total. The van der Waals surface area contributed by atoms with E-state index in [1.165, 1.54) is 0 Å². The second-order valence-electron chi connectivity index (χ2n) is 8.22. The summed E-state index contributed by atoms with van der Waals surface area (Å²) in [4.78, 5) is 0. The summed E-state index contributed by atoms with van der Waals surface area (Å²) < 4.78 is 13.8. The molecule has 15 N–H and O–H groups in total. The van der Waals surface area contributed by atoms with Gasteiger partial charge in [0.1, 0.15) is 67.1 Å². The van der Waals surface area contributed by atoms with Crippen LogP contribution in [0.4, 0.5) is 0 Å². The molecule has 0 radical (unpaired) electrons. The highest BCUT2D eigenvalue weighted by atomic mass is 16.7. The van der Waals surface area contributed by atoms with Gasteiger partial charge in [-0.2, -0.15) is 0 Å². The molecule has 3 aliphatic heterocycles. The lowest BCUT2D eigenvalue weighted by atomic mass is 10.00. The summed E-state index contributed by atoms with van der Waals surface area (Å²) in [5.41, 5.74) is 0. The highest BCUT2D eigenvalue weighted by molar-refractivity contribution is 4.94. The summed E-state index contributed by atoms with van der Waals surface area (Å²) >= 11 is 0. The van der Waals surface area contributed by atoms with Gasteiger partial charge in [-0.05, 0) is 0 Å². The first-order chi connectivity index (χ1) is 16.7. The van der Waals surface area contributed by atoms with Gasteiger partial charge in [0.15, 0.2) is 12.6 Å². The Morgan fingerprint density at radius 1 is 0.472 bits per heavy atom. The van der Waals surface area contributed by atoms with Crippen molar-refractivity contribution in [1.29, 1.82) is 0 Å². The summed E-state index contributed by atoms with van der Waals surface area (Å²) in [5, 5.41) is 134. The van der Waals surface area contributed by atoms with Crippen LogP contribution in [0, 0.1) is 0 Å². The maximum Gasteiger partial charge on any atom is 0.219 e. The minimum Gasteiger partial charge on any atom is -0.394 e. The fraction of sp³-hybridized carbons (Fsp3) is 1.00. The lowest BCUT2D eigenvalue weighted by Crippen LogP contribution is -2.58. The van der Waals surface area contributed by atoms with Crippen LogP contribution in [-0.2, 0) is 14.2 Å². The van der Waals surface area contributed by atoms with Crippen LogP contribution >= 0.6 is 0 Å². The number of rotatable bonds is 4. The van der Waals surface area contributed by atoms with Gasteiger partial charge in [-0.15, -0.1) is 0 Å². The first-order valence-electron chi connectivity index (χ1n) is 10.7. The number of ether oxygens (including phenoxy) is 3. The minimum atomic E-state index is -2.16. The molecule has 5 unspecified atom stereocenters. The van der Waals surface area contributed by atoms with Crippen LogP contribution < -0.4 is 0 Å². The molecule has 0 aromatic heterocycles. The lowest BCUT2D eigenvalue weighted by Gasteiger charge is -2.37. The maximum atomic E-state index is 9.25. The van der Waals surface area contributed by atoms with Crippen molar-refractivity contribution in [2.45, 2.75) is 85.5 Å². The zero-order valence-electron chi connectivity index (χ0n) is 18.8. The van der Waals surface area contributed by atoms with Crippen LogP contribution in [0.5, 0.6) is 0 Å². The Morgan fingerprint density at radius 2 is 0.833 bits per heavy atom. The summed E-state index contributed by atoms with van der Waals surface area (Å²) in [7, 11) is 0. The van der Waals surface area contributed by atoms with Gasteiger partial charge in [0, 0.05) is 0 Å².